The van der Waals surface area contributed by atoms with Gasteiger partial charge in [-0.2, -0.15) is 0 Å². The number of amides is 1. The number of nitrogens with zero attached hydrogens (tertiary/aromatic N) is 1. The number of nitro groups is 1. The number of carbonyl (C=O) groups is 2. The Morgan fingerprint density at radius 2 is 1.74 bits per heavy atom. The van der Waals surface area contributed by atoms with Gasteiger partial charge < -0.3 is 24.3 Å². The van der Waals surface area contributed by atoms with E-state index in [1.54, 1.807) is 0 Å². The molecule has 0 atom stereocenters. The number of halogens is 1. The maximum absolute atomic E-state index is 12.9. The number of nitro benzene ring substituents is 1. The van der Waals surface area contributed by atoms with E-state index in [0.717, 1.165) is 0 Å². The highest BCUT2D eigenvalue weighted by molar-refractivity contribution is 6.30. The lowest BCUT2D eigenvalue weighted by molar-refractivity contribution is -0.385. The number of hydrogen-bond donors (Lipinski definition) is 1. The third-order valence-electron chi connectivity index (χ3n) is 4.90. The van der Waals surface area contributed by atoms with Gasteiger partial charge in [0.15, 0.2) is 28.8 Å². The topological polar surface area (TPSA) is 126 Å². The average molecular weight is 485 g/mol. The van der Waals surface area contributed by atoms with Crippen LogP contribution in [0.2, 0.25) is 5.02 Å². The van der Waals surface area contributed by atoms with Crippen molar-refractivity contribution in [1.82, 2.24) is 0 Å². The smallest absolute Gasteiger partial charge is 0.313 e. The van der Waals surface area contributed by atoms with E-state index in [1.807, 2.05) is 0 Å². The van der Waals surface area contributed by atoms with E-state index in [4.69, 9.17) is 30.5 Å². The molecule has 0 radical (unpaired) electrons. The van der Waals surface area contributed by atoms with Gasteiger partial charge >= 0.3 is 5.69 Å². The van der Waals surface area contributed by atoms with E-state index in [0.29, 0.717) is 11.5 Å². The maximum atomic E-state index is 12.9. The number of anilines is 1. The molecule has 1 heterocycles. The van der Waals surface area contributed by atoms with E-state index in [-0.39, 0.29) is 57.3 Å². The van der Waals surface area contributed by atoms with Crippen LogP contribution < -0.4 is 24.3 Å². The largest absolute Gasteiger partial charge is 0.493 e. The van der Waals surface area contributed by atoms with Gasteiger partial charge in [0.25, 0.3) is 5.91 Å². The van der Waals surface area contributed by atoms with Crippen molar-refractivity contribution in [1.29, 1.82) is 0 Å². The first-order chi connectivity index (χ1) is 16.3. The second kappa shape index (κ2) is 9.28. The molecule has 1 N–H and O–H groups in total. The normalized spacial score (nSPS) is 11.6. The fraction of sp³-hybridized carbons (Fsp3) is 0.130. The molecule has 1 aliphatic heterocycles. The minimum Gasteiger partial charge on any atom is -0.493 e. The van der Waals surface area contributed by atoms with Crippen LogP contribution in [0, 0.1) is 10.1 Å². The first-order valence-electron chi connectivity index (χ1n) is 9.82. The molecule has 0 saturated heterocycles. The second-order valence-electron chi connectivity index (χ2n) is 7.10. The van der Waals surface area contributed by atoms with Crippen LogP contribution in [0.5, 0.6) is 28.7 Å². The third-order valence-corrected chi connectivity index (χ3v) is 5.14. The zero-order valence-electron chi connectivity index (χ0n) is 17.9. The van der Waals surface area contributed by atoms with Gasteiger partial charge in [-0.1, -0.05) is 11.6 Å². The molecule has 4 rings (SSSR count). The van der Waals surface area contributed by atoms with E-state index in [9.17, 15) is 19.7 Å². The van der Waals surface area contributed by atoms with Crippen molar-refractivity contribution in [3.8, 4) is 28.7 Å². The summed E-state index contributed by atoms with van der Waals surface area (Å²) in [6.45, 7) is 1.40. The van der Waals surface area contributed by atoms with Crippen LogP contribution in [0.25, 0.3) is 0 Å². The molecule has 1 amide bonds. The highest BCUT2D eigenvalue weighted by Crippen LogP contribution is 2.39. The van der Waals surface area contributed by atoms with Crippen molar-refractivity contribution in [2.75, 3.05) is 19.2 Å². The summed E-state index contributed by atoms with van der Waals surface area (Å²) in [5.41, 5.74) is 0.398. The summed E-state index contributed by atoms with van der Waals surface area (Å²) in [6.07, 6.45) is 0. The Kier molecular flexibility index (Phi) is 6.24. The Morgan fingerprint density at radius 1 is 1.03 bits per heavy atom. The molecule has 3 aromatic carbocycles. The fourth-order valence-electron chi connectivity index (χ4n) is 3.26. The summed E-state index contributed by atoms with van der Waals surface area (Å²) in [5, 5.41) is 14.2. The van der Waals surface area contributed by atoms with Crippen molar-refractivity contribution in [3.63, 3.8) is 0 Å². The van der Waals surface area contributed by atoms with Crippen LogP contribution in [-0.2, 0) is 0 Å². The molecule has 3 aromatic rings. The second-order valence-corrected chi connectivity index (χ2v) is 7.53. The molecule has 174 valence electrons. The number of hydrogen-bond acceptors (Lipinski definition) is 8. The first-order valence-corrected chi connectivity index (χ1v) is 10.2. The van der Waals surface area contributed by atoms with Gasteiger partial charge in [0.1, 0.15) is 0 Å². The molecular weight excluding hydrogens is 468 g/mol. The molecule has 1 aliphatic rings. The fourth-order valence-corrected chi connectivity index (χ4v) is 3.43. The van der Waals surface area contributed by atoms with Crippen molar-refractivity contribution in [3.05, 3.63) is 74.8 Å². The Hall–Kier alpha value is -4.31. The number of fused-ring (bicyclic) bond motifs is 1. The zero-order valence-corrected chi connectivity index (χ0v) is 18.7. The molecule has 11 heteroatoms. The van der Waals surface area contributed by atoms with E-state index >= 15 is 0 Å². The lowest BCUT2D eigenvalue weighted by Crippen LogP contribution is -2.14. The van der Waals surface area contributed by atoms with Gasteiger partial charge in [0, 0.05) is 28.3 Å². The Labute approximate surface area is 198 Å². The first kappa shape index (κ1) is 22.9. The maximum Gasteiger partial charge on any atom is 0.313 e. The van der Waals surface area contributed by atoms with Crippen molar-refractivity contribution in [2.24, 2.45) is 0 Å². The predicted octanol–water partition coefficient (Wildman–Crippen LogP) is 5.23. The molecule has 0 unspecified atom stereocenters. The number of methoxy groups -OCH3 is 1. The summed E-state index contributed by atoms with van der Waals surface area (Å²) in [5.74, 6) is 0.305. The summed E-state index contributed by atoms with van der Waals surface area (Å²) in [4.78, 5) is 35.7. The van der Waals surface area contributed by atoms with Crippen molar-refractivity contribution in [2.45, 2.75) is 6.92 Å². The van der Waals surface area contributed by atoms with Gasteiger partial charge in [0.2, 0.25) is 12.5 Å². The molecule has 0 bridgehead atoms. The molecule has 10 nitrogen and oxygen atoms in total. The molecule has 0 saturated carbocycles. The van der Waals surface area contributed by atoms with Crippen LogP contribution in [0.1, 0.15) is 27.6 Å². The van der Waals surface area contributed by atoms with Gasteiger partial charge in [0.05, 0.1) is 17.7 Å². The Morgan fingerprint density at radius 3 is 2.41 bits per heavy atom. The SMILES string of the molecule is COc1cc(C(=O)Nc2cc3c(cc2C(C)=O)OCO3)ccc1Oc1ccc(Cl)cc1[N+](=O)[O-]. The van der Waals surface area contributed by atoms with Gasteiger partial charge in [-0.15, -0.1) is 0 Å². The molecule has 0 aromatic heterocycles. The summed E-state index contributed by atoms with van der Waals surface area (Å²) < 4.78 is 21.6. The van der Waals surface area contributed by atoms with Crippen molar-refractivity contribution < 1.29 is 33.5 Å². The van der Waals surface area contributed by atoms with Crippen LogP contribution >= 0.6 is 11.6 Å². The van der Waals surface area contributed by atoms with Crippen molar-refractivity contribution >= 4 is 34.7 Å². The Balaban J connectivity index is 1.61. The number of Topliss-reactive ketones (excluding diaryl/α,β-unsaturated/α-hetero) is 1. The number of ether oxygens (including phenoxy) is 4. The van der Waals surface area contributed by atoms with Crippen LogP contribution in [0.3, 0.4) is 0 Å². The molecular formula is C23H17ClN2O8. The molecule has 0 spiro atoms. The lowest BCUT2D eigenvalue weighted by Gasteiger charge is -2.13. The van der Waals surface area contributed by atoms with Gasteiger partial charge in [-0.25, -0.2) is 0 Å². The zero-order chi connectivity index (χ0) is 24.4. The minimum absolute atomic E-state index is 0.0223. The monoisotopic (exact) mass is 484 g/mol. The standard InChI is InChI=1S/C23H17ClN2O8/c1-12(27)15-9-21-22(33-11-32-21)10-16(15)25-23(28)13-3-5-19(20(7-13)31-2)34-18-6-4-14(24)8-17(18)26(29)30/h3-10H,11H2,1-2H3,(H,25,28). The summed E-state index contributed by atoms with van der Waals surface area (Å²) >= 11 is 5.84. The van der Waals surface area contributed by atoms with E-state index < -0.39 is 10.8 Å². The van der Waals surface area contributed by atoms with E-state index in [1.165, 1.54) is 62.6 Å². The van der Waals surface area contributed by atoms with Crippen LogP contribution in [0.4, 0.5) is 11.4 Å². The highest BCUT2D eigenvalue weighted by atomic mass is 35.5. The van der Waals surface area contributed by atoms with E-state index in [2.05, 4.69) is 5.32 Å². The number of benzene rings is 3. The molecule has 0 fully saturated rings. The number of nitrogens with one attached hydrogen (secondary N) is 1. The lowest BCUT2D eigenvalue weighted by atomic mass is 10.1. The Bertz CT molecular complexity index is 1320. The van der Waals surface area contributed by atoms with Gasteiger partial charge in [-0.05, 0) is 43.3 Å². The van der Waals surface area contributed by atoms with Crippen LogP contribution in [0.15, 0.2) is 48.5 Å². The molecule has 0 aliphatic carbocycles. The highest BCUT2D eigenvalue weighted by Gasteiger charge is 2.22. The summed E-state index contributed by atoms with van der Waals surface area (Å²) in [6, 6.07) is 11.3. The minimum atomic E-state index is -0.618. The average Bonchev–Trinajstić information content (AvgIpc) is 3.27. The predicted molar refractivity (Wildman–Crippen MR) is 122 cm³/mol. The number of ketones is 1. The quantitative estimate of drug-likeness (QED) is 0.274. The third kappa shape index (κ3) is 4.57. The number of rotatable bonds is 7. The summed E-state index contributed by atoms with van der Waals surface area (Å²) in [7, 11) is 1.37. The number of carbonyl (C=O) groups excluding carboxylic acids is 2. The molecule has 34 heavy (non-hydrogen) atoms. The van der Waals surface area contributed by atoms with Crippen LogP contribution in [-0.4, -0.2) is 30.5 Å². The van der Waals surface area contributed by atoms with Gasteiger partial charge in [-0.3, -0.25) is 19.7 Å².